The molecule has 0 nitrogen and oxygen atoms in total. The van der Waals surface area contributed by atoms with Crippen LogP contribution in [-0.2, 0) is 0 Å². The van der Waals surface area contributed by atoms with Gasteiger partial charge in [0.15, 0.2) is 0 Å². The van der Waals surface area contributed by atoms with Gasteiger partial charge < -0.3 is 0 Å². The van der Waals surface area contributed by atoms with Crippen LogP contribution in [0, 0.1) is 0 Å². The Hall–Kier alpha value is -0.195. The summed E-state index contributed by atoms with van der Waals surface area (Å²) >= 11 is 0. The molecule has 6 heavy (non-hydrogen) atoms. The van der Waals surface area contributed by atoms with Crippen molar-refractivity contribution >= 4 is 7.85 Å². The topological polar surface area (TPSA) is 0 Å². The molecule has 1 aliphatic rings. The summed E-state index contributed by atoms with van der Waals surface area (Å²) in [6, 6.07) is 0. The van der Waals surface area contributed by atoms with E-state index in [9.17, 15) is 0 Å². The Morgan fingerprint density at radius 2 is 2.33 bits per heavy atom. The molecule has 1 aliphatic carbocycles. The van der Waals surface area contributed by atoms with Crippen LogP contribution in [0.25, 0.3) is 0 Å². The predicted molar refractivity (Wildman–Crippen MR) is 27.7 cm³/mol. The molecule has 0 saturated heterocycles. The second-order valence-corrected chi connectivity index (χ2v) is 1.66. The van der Waals surface area contributed by atoms with Crippen LogP contribution < -0.4 is 0 Å². The predicted octanol–water partition coefficient (Wildman–Crippen LogP) is 1.22. The molecule has 0 unspecified atom stereocenters. The van der Waals surface area contributed by atoms with Gasteiger partial charge in [0.05, 0.1) is 0 Å². The molecule has 0 N–H and O–H groups in total. The number of hydrogen-bond acceptors (Lipinski definition) is 0. The van der Waals surface area contributed by atoms with Crippen molar-refractivity contribution in [2.75, 3.05) is 0 Å². The minimum absolute atomic E-state index is 1.11. The van der Waals surface area contributed by atoms with Crippen LogP contribution in [0.15, 0.2) is 11.0 Å². The van der Waals surface area contributed by atoms with Gasteiger partial charge in [-0.05, 0) is 12.8 Å². The van der Waals surface area contributed by atoms with Crippen molar-refractivity contribution in [1.29, 1.82) is 0 Å². The molecule has 0 aromatic rings. The molecule has 0 spiro atoms. The average Bonchev–Trinajstić information content (AvgIpc) is 2.19. The van der Waals surface area contributed by atoms with Crippen molar-refractivity contribution in [3.05, 3.63) is 11.0 Å². The lowest BCUT2D eigenvalue weighted by Gasteiger charge is -1.68. The Kier molecular flexibility index (Phi) is 0.757. The Balaban J connectivity index is 2.38. The van der Waals surface area contributed by atoms with Gasteiger partial charge in [-0.15, -0.1) is 5.47 Å². The summed E-state index contributed by atoms with van der Waals surface area (Å²) in [6.07, 6.45) is 2.27. The molecular formula is C5H7B. The van der Waals surface area contributed by atoms with Crippen LogP contribution in [0.3, 0.4) is 0 Å². The van der Waals surface area contributed by atoms with E-state index in [-0.39, 0.29) is 0 Å². The third-order valence-electron chi connectivity index (χ3n) is 1.16. The minimum Gasteiger partial charge on any atom is -0.114 e. The summed E-state index contributed by atoms with van der Waals surface area (Å²) in [5.74, 6) is 0. The Morgan fingerprint density at radius 3 is 2.33 bits per heavy atom. The first-order valence-corrected chi connectivity index (χ1v) is 2.31. The molecule has 1 heteroatoms. The van der Waals surface area contributed by atoms with E-state index in [4.69, 9.17) is 7.85 Å². The standard InChI is InChI=1S/C5H7B/c1-2-4-3-5(4)6/h2-3H2,1H3. The van der Waals surface area contributed by atoms with Crippen molar-refractivity contribution in [2.24, 2.45) is 0 Å². The van der Waals surface area contributed by atoms with E-state index in [1.807, 2.05) is 0 Å². The maximum atomic E-state index is 5.36. The SMILES string of the molecule is [B]C1=C(CC)C1. The normalized spacial score (nSPS) is 18.8. The lowest BCUT2D eigenvalue weighted by molar-refractivity contribution is 1.15. The van der Waals surface area contributed by atoms with Gasteiger partial charge in [-0.3, -0.25) is 0 Å². The van der Waals surface area contributed by atoms with E-state index >= 15 is 0 Å². The van der Waals surface area contributed by atoms with Crippen LogP contribution in [-0.4, -0.2) is 7.85 Å². The summed E-state index contributed by atoms with van der Waals surface area (Å²) in [5, 5.41) is 0. The fourth-order valence-corrected chi connectivity index (χ4v) is 0.538. The van der Waals surface area contributed by atoms with E-state index in [0.29, 0.717) is 0 Å². The zero-order valence-corrected chi connectivity index (χ0v) is 3.99. The summed E-state index contributed by atoms with van der Waals surface area (Å²) in [5.41, 5.74) is 2.58. The van der Waals surface area contributed by atoms with Crippen LogP contribution >= 0.6 is 0 Å². The molecule has 0 aromatic carbocycles. The smallest absolute Gasteiger partial charge is 0.108 e. The second kappa shape index (κ2) is 1.14. The fraction of sp³-hybridized carbons (Fsp3) is 0.600. The van der Waals surface area contributed by atoms with Gasteiger partial charge in [-0.1, -0.05) is 12.5 Å². The summed E-state index contributed by atoms with van der Waals surface area (Å²) in [4.78, 5) is 0. The molecule has 1 rings (SSSR count). The number of hydrogen-bond donors (Lipinski definition) is 0. The van der Waals surface area contributed by atoms with E-state index in [1.54, 1.807) is 0 Å². The van der Waals surface area contributed by atoms with Crippen molar-refractivity contribution in [3.8, 4) is 0 Å². The van der Waals surface area contributed by atoms with Crippen molar-refractivity contribution in [2.45, 2.75) is 19.8 Å². The Labute approximate surface area is 39.7 Å². The molecule has 0 saturated carbocycles. The minimum atomic E-state index is 1.11. The molecule has 0 heterocycles. The van der Waals surface area contributed by atoms with Gasteiger partial charge in [-0.25, -0.2) is 0 Å². The molecular weight excluding hydrogens is 70.9 g/mol. The van der Waals surface area contributed by atoms with Gasteiger partial charge in [0.2, 0.25) is 0 Å². The lowest BCUT2D eigenvalue weighted by Crippen LogP contribution is -1.49. The van der Waals surface area contributed by atoms with Crippen LogP contribution in [0.5, 0.6) is 0 Å². The highest BCUT2D eigenvalue weighted by atomic mass is 14.1. The van der Waals surface area contributed by atoms with Crippen LogP contribution in [0.1, 0.15) is 19.8 Å². The Bertz CT molecular complexity index is 92.1. The van der Waals surface area contributed by atoms with Gasteiger partial charge in [0.25, 0.3) is 0 Å². The third-order valence-corrected chi connectivity index (χ3v) is 1.16. The van der Waals surface area contributed by atoms with E-state index < -0.39 is 0 Å². The Morgan fingerprint density at radius 1 is 1.83 bits per heavy atom. The van der Waals surface area contributed by atoms with Crippen molar-refractivity contribution in [3.63, 3.8) is 0 Å². The molecule has 0 aromatic heterocycles. The first-order valence-electron chi connectivity index (χ1n) is 2.31. The fourth-order valence-electron chi connectivity index (χ4n) is 0.538. The molecule has 0 amide bonds. The van der Waals surface area contributed by atoms with Crippen LogP contribution in [0.2, 0.25) is 0 Å². The number of allylic oxidation sites excluding steroid dienone is 2. The highest BCUT2D eigenvalue weighted by Gasteiger charge is 2.11. The van der Waals surface area contributed by atoms with Crippen molar-refractivity contribution in [1.82, 2.24) is 0 Å². The first kappa shape index (κ1) is 3.98. The first-order chi connectivity index (χ1) is 2.84. The summed E-state index contributed by atoms with van der Waals surface area (Å²) < 4.78 is 0. The lowest BCUT2D eigenvalue weighted by atomic mass is 10.1. The summed E-state index contributed by atoms with van der Waals surface area (Å²) in [6.45, 7) is 2.13. The molecule has 0 aliphatic heterocycles. The molecule has 30 valence electrons. The third kappa shape index (κ3) is 0.491. The van der Waals surface area contributed by atoms with Crippen LogP contribution in [0.4, 0.5) is 0 Å². The van der Waals surface area contributed by atoms with E-state index in [0.717, 1.165) is 18.3 Å². The number of rotatable bonds is 1. The zero-order valence-electron chi connectivity index (χ0n) is 3.99. The van der Waals surface area contributed by atoms with Crippen molar-refractivity contribution < 1.29 is 0 Å². The highest BCUT2D eigenvalue weighted by molar-refractivity contribution is 6.25. The monoisotopic (exact) mass is 78.1 g/mol. The molecule has 0 fully saturated rings. The second-order valence-electron chi connectivity index (χ2n) is 1.66. The molecule has 0 bridgehead atoms. The molecule has 2 radical (unpaired) electrons. The van der Waals surface area contributed by atoms with Gasteiger partial charge in [0.1, 0.15) is 7.85 Å². The van der Waals surface area contributed by atoms with E-state index in [1.165, 1.54) is 5.57 Å². The summed E-state index contributed by atoms with van der Waals surface area (Å²) in [7, 11) is 5.36. The van der Waals surface area contributed by atoms with Gasteiger partial charge in [-0.2, -0.15) is 0 Å². The quantitative estimate of drug-likeness (QED) is 0.413. The van der Waals surface area contributed by atoms with Gasteiger partial charge >= 0.3 is 0 Å². The average molecular weight is 77.9 g/mol. The highest BCUT2D eigenvalue weighted by Crippen LogP contribution is 2.29. The van der Waals surface area contributed by atoms with E-state index in [2.05, 4.69) is 6.92 Å². The zero-order chi connectivity index (χ0) is 4.57. The maximum absolute atomic E-state index is 5.36. The van der Waals surface area contributed by atoms with Gasteiger partial charge in [0, 0.05) is 0 Å². The maximum Gasteiger partial charge on any atom is 0.108 e. The molecule has 0 atom stereocenters. The largest absolute Gasteiger partial charge is 0.114 e.